The molecule has 0 bridgehead atoms. The Hall–Kier alpha value is -1.76. The minimum atomic E-state index is 0.579. The Kier molecular flexibility index (Phi) is 2.83. The molecule has 0 unspecified atom stereocenters. The second kappa shape index (κ2) is 4.49. The SMILES string of the molecule is Cc1nc2cc(-c3csc(CNN)n3)ccc2o1. The quantitative estimate of drug-likeness (QED) is 0.558. The fourth-order valence-electron chi connectivity index (χ4n) is 1.81. The highest BCUT2D eigenvalue weighted by atomic mass is 32.1. The number of hydrogen-bond donors (Lipinski definition) is 2. The van der Waals surface area contributed by atoms with Gasteiger partial charge in [-0.2, -0.15) is 0 Å². The lowest BCUT2D eigenvalue weighted by Crippen LogP contribution is -2.20. The van der Waals surface area contributed by atoms with Crippen LogP contribution >= 0.6 is 11.3 Å². The molecule has 0 amide bonds. The van der Waals surface area contributed by atoms with Gasteiger partial charge in [-0.25, -0.2) is 9.97 Å². The summed E-state index contributed by atoms with van der Waals surface area (Å²) in [7, 11) is 0. The van der Waals surface area contributed by atoms with Crippen LogP contribution in [0.5, 0.6) is 0 Å². The molecule has 0 aliphatic heterocycles. The van der Waals surface area contributed by atoms with Crippen LogP contribution in [0.3, 0.4) is 0 Å². The Bertz CT molecular complexity index is 688. The highest BCUT2D eigenvalue weighted by Gasteiger charge is 2.07. The summed E-state index contributed by atoms with van der Waals surface area (Å²) in [6.45, 7) is 2.42. The fraction of sp³-hybridized carbons (Fsp3) is 0.167. The molecule has 0 atom stereocenters. The molecule has 0 saturated carbocycles. The van der Waals surface area contributed by atoms with Crippen LogP contribution in [0.1, 0.15) is 10.9 Å². The maximum atomic E-state index is 5.45. The van der Waals surface area contributed by atoms with Gasteiger partial charge in [0.25, 0.3) is 0 Å². The lowest BCUT2D eigenvalue weighted by molar-refractivity contribution is 0.561. The molecule has 0 aliphatic rings. The minimum Gasteiger partial charge on any atom is -0.441 e. The Morgan fingerprint density at radius 1 is 1.39 bits per heavy atom. The third-order valence-electron chi connectivity index (χ3n) is 2.60. The molecule has 18 heavy (non-hydrogen) atoms. The smallest absolute Gasteiger partial charge is 0.192 e. The molecule has 2 heterocycles. The van der Waals surface area contributed by atoms with Crippen LogP contribution in [0.4, 0.5) is 0 Å². The molecule has 92 valence electrons. The van der Waals surface area contributed by atoms with Crippen LogP contribution in [-0.4, -0.2) is 9.97 Å². The summed E-state index contributed by atoms with van der Waals surface area (Å²) in [4.78, 5) is 8.82. The van der Waals surface area contributed by atoms with E-state index in [-0.39, 0.29) is 0 Å². The third-order valence-corrected chi connectivity index (χ3v) is 3.44. The second-order valence-electron chi connectivity index (χ2n) is 3.92. The lowest BCUT2D eigenvalue weighted by atomic mass is 10.1. The molecule has 3 N–H and O–H groups in total. The van der Waals surface area contributed by atoms with E-state index in [2.05, 4.69) is 15.4 Å². The maximum absolute atomic E-state index is 5.45. The van der Waals surface area contributed by atoms with Crippen molar-refractivity contribution in [1.82, 2.24) is 15.4 Å². The number of rotatable bonds is 3. The molecule has 1 aromatic carbocycles. The Balaban J connectivity index is 2.01. The monoisotopic (exact) mass is 260 g/mol. The predicted molar refractivity (Wildman–Crippen MR) is 70.9 cm³/mol. The average Bonchev–Trinajstić information content (AvgIpc) is 2.93. The summed E-state index contributed by atoms with van der Waals surface area (Å²) >= 11 is 1.58. The summed E-state index contributed by atoms with van der Waals surface area (Å²) in [5, 5.41) is 2.98. The molecular weight excluding hydrogens is 248 g/mol. The first kappa shape index (κ1) is 11.3. The number of nitrogens with two attached hydrogens (primary N) is 1. The fourth-order valence-corrected chi connectivity index (χ4v) is 2.57. The van der Waals surface area contributed by atoms with Gasteiger partial charge in [-0.1, -0.05) is 0 Å². The highest BCUT2D eigenvalue weighted by Crippen LogP contribution is 2.25. The molecule has 0 radical (unpaired) electrons. The zero-order valence-corrected chi connectivity index (χ0v) is 10.6. The summed E-state index contributed by atoms with van der Waals surface area (Å²) < 4.78 is 5.45. The van der Waals surface area contributed by atoms with Crippen LogP contribution in [-0.2, 0) is 6.54 Å². The first-order chi connectivity index (χ1) is 8.76. The lowest BCUT2D eigenvalue weighted by Gasteiger charge is -1.96. The largest absolute Gasteiger partial charge is 0.441 e. The van der Waals surface area contributed by atoms with Gasteiger partial charge >= 0.3 is 0 Å². The van der Waals surface area contributed by atoms with Crippen LogP contribution < -0.4 is 11.3 Å². The Morgan fingerprint density at radius 2 is 2.28 bits per heavy atom. The zero-order valence-electron chi connectivity index (χ0n) is 9.80. The van der Waals surface area contributed by atoms with E-state index in [0.29, 0.717) is 12.4 Å². The first-order valence-electron chi connectivity index (χ1n) is 5.51. The van der Waals surface area contributed by atoms with Crippen molar-refractivity contribution in [3.63, 3.8) is 0 Å². The molecule has 0 spiro atoms. The van der Waals surface area contributed by atoms with Crippen LogP contribution in [0.15, 0.2) is 28.0 Å². The van der Waals surface area contributed by atoms with Crippen LogP contribution in [0.25, 0.3) is 22.4 Å². The Morgan fingerprint density at radius 3 is 3.11 bits per heavy atom. The predicted octanol–water partition coefficient (Wildman–Crippen LogP) is 2.22. The molecule has 0 fully saturated rings. The van der Waals surface area contributed by atoms with E-state index >= 15 is 0 Å². The number of nitrogens with one attached hydrogen (secondary N) is 1. The number of hydrazine groups is 1. The number of fused-ring (bicyclic) bond motifs is 1. The number of oxazole rings is 1. The molecule has 5 nitrogen and oxygen atoms in total. The minimum absolute atomic E-state index is 0.579. The van der Waals surface area contributed by atoms with Gasteiger partial charge < -0.3 is 4.42 Å². The summed E-state index contributed by atoms with van der Waals surface area (Å²) in [5.41, 5.74) is 6.24. The summed E-state index contributed by atoms with van der Waals surface area (Å²) in [5.74, 6) is 5.95. The standard InChI is InChI=1S/C12H12N4OS/c1-7-15-9-4-8(2-3-11(9)17-7)10-6-18-12(16-10)5-14-13/h2-4,6,14H,5,13H2,1H3. The summed E-state index contributed by atoms with van der Waals surface area (Å²) in [6, 6.07) is 5.90. The van der Waals surface area contributed by atoms with Crippen molar-refractivity contribution in [2.75, 3.05) is 0 Å². The molecule has 0 aliphatic carbocycles. The third kappa shape index (κ3) is 2.01. The van der Waals surface area contributed by atoms with Gasteiger partial charge in [0, 0.05) is 17.9 Å². The number of aryl methyl sites for hydroxylation is 1. The second-order valence-corrected chi connectivity index (χ2v) is 4.87. The zero-order chi connectivity index (χ0) is 12.5. The van der Waals surface area contributed by atoms with Gasteiger partial charge in [0.1, 0.15) is 10.5 Å². The van der Waals surface area contributed by atoms with E-state index in [1.807, 2.05) is 30.5 Å². The molecule has 3 rings (SSSR count). The number of hydrogen-bond acceptors (Lipinski definition) is 6. The number of nitrogens with zero attached hydrogens (tertiary/aromatic N) is 2. The first-order valence-corrected chi connectivity index (χ1v) is 6.39. The van der Waals surface area contributed by atoms with Crippen LogP contribution in [0, 0.1) is 6.92 Å². The van der Waals surface area contributed by atoms with Crippen molar-refractivity contribution in [2.45, 2.75) is 13.5 Å². The molecule has 2 aromatic heterocycles. The highest BCUT2D eigenvalue weighted by molar-refractivity contribution is 7.09. The average molecular weight is 260 g/mol. The summed E-state index contributed by atoms with van der Waals surface area (Å²) in [6.07, 6.45) is 0. The van der Waals surface area contributed by atoms with Gasteiger partial charge in [-0.3, -0.25) is 11.3 Å². The van der Waals surface area contributed by atoms with E-state index in [9.17, 15) is 0 Å². The van der Waals surface area contributed by atoms with Crippen molar-refractivity contribution in [2.24, 2.45) is 5.84 Å². The van der Waals surface area contributed by atoms with Gasteiger partial charge in [-0.05, 0) is 18.2 Å². The Labute approximate surface area is 108 Å². The molecule has 6 heteroatoms. The number of benzene rings is 1. The maximum Gasteiger partial charge on any atom is 0.192 e. The van der Waals surface area contributed by atoms with Crippen molar-refractivity contribution in [3.8, 4) is 11.3 Å². The molecular formula is C12H12N4OS. The van der Waals surface area contributed by atoms with Gasteiger partial charge in [-0.15, -0.1) is 11.3 Å². The van der Waals surface area contributed by atoms with Gasteiger partial charge in [0.2, 0.25) is 0 Å². The topological polar surface area (TPSA) is 77.0 Å². The molecule has 3 aromatic rings. The van der Waals surface area contributed by atoms with E-state index in [4.69, 9.17) is 10.3 Å². The van der Waals surface area contributed by atoms with E-state index < -0.39 is 0 Å². The number of thiazole rings is 1. The number of aromatic nitrogens is 2. The van der Waals surface area contributed by atoms with E-state index in [1.165, 1.54) is 0 Å². The van der Waals surface area contributed by atoms with Crippen molar-refractivity contribution < 1.29 is 4.42 Å². The van der Waals surface area contributed by atoms with Crippen molar-refractivity contribution in [1.29, 1.82) is 0 Å². The van der Waals surface area contributed by atoms with Crippen molar-refractivity contribution in [3.05, 3.63) is 34.5 Å². The van der Waals surface area contributed by atoms with E-state index in [1.54, 1.807) is 11.3 Å². The normalized spacial score (nSPS) is 11.2. The van der Waals surface area contributed by atoms with Crippen molar-refractivity contribution >= 4 is 22.4 Å². The van der Waals surface area contributed by atoms with Gasteiger partial charge in [0.05, 0.1) is 12.2 Å². The van der Waals surface area contributed by atoms with E-state index in [0.717, 1.165) is 27.4 Å². The van der Waals surface area contributed by atoms with Crippen LogP contribution in [0.2, 0.25) is 0 Å². The van der Waals surface area contributed by atoms with Gasteiger partial charge in [0.15, 0.2) is 11.5 Å². The molecule has 0 saturated heterocycles.